The highest BCUT2D eigenvalue weighted by atomic mass is 16.4. The van der Waals surface area contributed by atoms with Crippen molar-refractivity contribution in [3.05, 3.63) is 59.8 Å². The number of carbonyl (C=O) groups excluding carboxylic acids is 2. The number of carboxylic acids is 1. The molecule has 0 amide bonds. The van der Waals surface area contributed by atoms with Crippen LogP contribution in [0.3, 0.4) is 0 Å². The fourth-order valence-electron chi connectivity index (χ4n) is 3.42. The van der Waals surface area contributed by atoms with E-state index >= 15 is 0 Å². The van der Waals surface area contributed by atoms with Crippen LogP contribution in [-0.2, 0) is 20.8 Å². The van der Waals surface area contributed by atoms with Crippen molar-refractivity contribution >= 4 is 23.9 Å². The quantitative estimate of drug-likeness (QED) is 0.630. The minimum atomic E-state index is -1.03. The number of aliphatic carboxylic acids is 1. The van der Waals surface area contributed by atoms with Crippen molar-refractivity contribution in [2.45, 2.75) is 38.4 Å². The van der Waals surface area contributed by atoms with Crippen molar-refractivity contribution in [1.29, 1.82) is 0 Å². The molecule has 1 unspecified atom stereocenters. The molecule has 0 radical (unpaired) electrons. The Kier molecular flexibility index (Phi) is 5.56. The number of rotatable bonds is 7. The van der Waals surface area contributed by atoms with Crippen molar-refractivity contribution in [1.82, 2.24) is 10.3 Å². The van der Waals surface area contributed by atoms with Gasteiger partial charge in [-0.2, -0.15) is 0 Å². The average molecular weight is 381 g/mol. The van der Waals surface area contributed by atoms with Gasteiger partial charge in [-0.05, 0) is 29.7 Å². The lowest BCUT2D eigenvalue weighted by Crippen LogP contribution is -2.53. The monoisotopic (exact) mass is 381 g/mol. The molecule has 3 atom stereocenters. The number of aldehydes is 1. The number of nitrogens with zero attached hydrogens (tertiary/aromatic N) is 1. The summed E-state index contributed by atoms with van der Waals surface area (Å²) in [4.78, 5) is 41.0. The van der Waals surface area contributed by atoms with Crippen LogP contribution in [0.4, 0.5) is 5.82 Å². The lowest BCUT2D eigenvalue weighted by molar-refractivity contribution is -0.140. The maximum absolute atomic E-state index is 13.5. The second-order valence-electron chi connectivity index (χ2n) is 7.53. The first kappa shape index (κ1) is 19.7. The first-order valence-electron chi connectivity index (χ1n) is 9.08. The number of hydrogen-bond acceptors (Lipinski definition) is 6. The number of carboxylic acid groups (broad SMARTS) is 1. The van der Waals surface area contributed by atoms with Crippen molar-refractivity contribution in [2.24, 2.45) is 5.41 Å². The Hall–Kier alpha value is -3.06. The van der Waals surface area contributed by atoms with Gasteiger partial charge < -0.3 is 15.2 Å². The zero-order valence-electron chi connectivity index (χ0n) is 15.8. The third kappa shape index (κ3) is 3.94. The van der Waals surface area contributed by atoms with Crippen LogP contribution in [0.1, 0.15) is 31.0 Å². The molecule has 1 aliphatic rings. The van der Waals surface area contributed by atoms with Gasteiger partial charge in [0.05, 0.1) is 12.1 Å². The van der Waals surface area contributed by atoms with Gasteiger partial charge in [0.1, 0.15) is 18.1 Å². The first-order chi connectivity index (χ1) is 13.3. The maximum Gasteiger partial charge on any atom is 0.321 e. The summed E-state index contributed by atoms with van der Waals surface area (Å²) >= 11 is 0. The van der Waals surface area contributed by atoms with Gasteiger partial charge in [0.2, 0.25) is 0 Å². The number of carbonyl (C=O) groups is 3. The standard InChI is InChI=1S/C21H23N3O4/c1-21(2,12-25)19(24-16-9-5-6-10-22-16)18(26)17-14-8-4-3-7-13(14)11-15(23-17)20(27)28/h3-10,12,15,17,19,23H,11H2,1-2H3,(H,22,24)(H,27,28)/t15-,17?,19+/m0/s1. The highest BCUT2D eigenvalue weighted by Gasteiger charge is 2.42. The van der Waals surface area contributed by atoms with Crippen LogP contribution in [0.2, 0.25) is 0 Å². The number of hydrogen-bond donors (Lipinski definition) is 3. The topological polar surface area (TPSA) is 108 Å². The fraction of sp³-hybridized carbons (Fsp3) is 0.333. The van der Waals surface area contributed by atoms with E-state index in [2.05, 4.69) is 15.6 Å². The molecular formula is C21H23N3O4. The molecule has 2 aromatic rings. The Labute approximate surface area is 163 Å². The molecular weight excluding hydrogens is 358 g/mol. The van der Waals surface area contributed by atoms with Crippen LogP contribution in [0.25, 0.3) is 0 Å². The van der Waals surface area contributed by atoms with E-state index in [-0.39, 0.29) is 5.78 Å². The Morgan fingerprint density at radius 3 is 2.61 bits per heavy atom. The van der Waals surface area contributed by atoms with Gasteiger partial charge in [0.25, 0.3) is 0 Å². The number of fused-ring (bicyclic) bond motifs is 1. The smallest absolute Gasteiger partial charge is 0.321 e. The molecule has 3 N–H and O–H groups in total. The predicted octanol–water partition coefficient (Wildman–Crippen LogP) is 2.00. The summed E-state index contributed by atoms with van der Waals surface area (Å²) in [5.41, 5.74) is 0.522. The van der Waals surface area contributed by atoms with Crippen LogP contribution in [0.15, 0.2) is 48.7 Å². The summed E-state index contributed by atoms with van der Waals surface area (Å²) in [5, 5.41) is 15.5. The minimum absolute atomic E-state index is 0.296. The lowest BCUT2D eigenvalue weighted by Gasteiger charge is -2.36. The van der Waals surface area contributed by atoms with E-state index < -0.39 is 29.5 Å². The second-order valence-corrected chi connectivity index (χ2v) is 7.53. The van der Waals surface area contributed by atoms with Crippen LogP contribution >= 0.6 is 0 Å². The molecule has 0 saturated heterocycles. The van der Waals surface area contributed by atoms with Gasteiger partial charge in [-0.1, -0.05) is 44.2 Å². The van der Waals surface area contributed by atoms with E-state index in [0.717, 1.165) is 17.4 Å². The van der Waals surface area contributed by atoms with Gasteiger partial charge in [-0.3, -0.25) is 14.9 Å². The number of Topliss-reactive ketones (excluding diaryl/α,β-unsaturated/α-hetero) is 1. The summed E-state index contributed by atoms with van der Waals surface area (Å²) in [6.45, 7) is 3.34. The molecule has 1 aromatic carbocycles. The highest BCUT2D eigenvalue weighted by Crippen LogP contribution is 2.31. The van der Waals surface area contributed by atoms with Crippen molar-refractivity contribution in [3.63, 3.8) is 0 Å². The summed E-state index contributed by atoms with van der Waals surface area (Å²) < 4.78 is 0. The second kappa shape index (κ2) is 7.90. The van der Waals surface area contributed by atoms with Gasteiger partial charge in [-0.25, -0.2) is 4.98 Å². The van der Waals surface area contributed by atoms with Crippen molar-refractivity contribution < 1.29 is 19.5 Å². The number of nitrogens with one attached hydrogen (secondary N) is 2. The predicted molar refractivity (Wildman–Crippen MR) is 104 cm³/mol. The van der Waals surface area contributed by atoms with E-state index in [9.17, 15) is 19.5 Å². The first-order valence-corrected chi connectivity index (χ1v) is 9.08. The molecule has 2 heterocycles. The van der Waals surface area contributed by atoms with Crippen molar-refractivity contribution in [2.75, 3.05) is 5.32 Å². The summed E-state index contributed by atoms with van der Waals surface area (Å²) in [7, 11) is 0. The Bertz CT molecular complexity index is 882. The van der Waals surface area contributed by atoms with Crippen LogP contribution in [0.5, 0.6) is 0 Å². The number of benzene rings is 1. The van der Waals surface area contributed by atoms with Gasteiger partial charge in [0, 0.05) is 11.6 Å². The largest absolute Gasteiger partial charge is 0.480 e. The molecule has 0 spiro atoms. The summed E-state index contributed by atoms with van der Waals surface area (Å²) in [6.07, 6.45) is 2.62. The zero-order valence-corrected chi connectivity index (χ0v) is 15.8. The summed E-state index contributed by atoms with van der Waals surface area (Å²) in [6, 6.07) is 9.92. The highest BCUT2D eigenvalue weighted by molar-refractivity contribution is 5.96. The number of anilines is 1. The van der Waals surface area contributed by atoms with E-state index in [0.29, 0.717) is 12.2 Å². The van der Waals surface area contributed by atoms with E-state index in [1.165, 1.54) is 0 Å². The maximum atomic E-state index is 13.5. The SMILES string of the molecule is CC(C)(C=O)[C@H](Nc1ccccn1)C(=O)C1N[C@H](C(=O)O)Cc2ccccc21. The molecule has 3 rings (SSSR count). The third-order valence-electron chi connectivity index (χ3n) is 5.03. The van der Waals surface area contributed by atoms with Crippen LogP contribution < -0.4 is 10.6 Å². The van der Waals surface area contributed by atoms with E-state index in [1.54, 1.807) is 38.2 Å². The molecule has 28 heavy (non-hydrogen) atoms. The van der Waals surface area contributed by atoms with Crippen LogP contribution in [-0.4, -0.2) is 40.2 Å². The molecule has 7 heteroatoms. The molecule has 146 valence electrons. The molecule has 0 fully saturated rings. The number of aromatic nitrogens is 1. The molecule has 0 aliphatic carbocycles. The number of pyridine rings is 1. The minimum Gasteiger partial charge on any atom is -0.480 e. The lowest BCUT2D eigenvalue weighted by atomic mass is 9.78. The van der Waals surface area contributed by atoms with Crippen LogP contribution in [0, 0.1) is 5.41 Å². The molecule has 1 aliphatic heterocycles. The fourth-order valence-corrected chi connectivity index (χ4v) is 3.42. The van der Waals surface area contributed by atoms with Gasteiger partial charge >= 0.3 is 5.97 Å². The van der Waals surface area contributed by atoms with Gasteiger partial charge in [-0.15, -0.1) is 0 Å². The Balaban J connectivity index is 1.99. The zero-order chi connectivity index (χ0) is 20.3. The average Bonchev–Trinajstić information content (AvgIpc) is 2.71. The molecule has 0 bridgehead atoms. The molecule has 1 aromatic heterocycles. The van der Waals surface area contributed by atoms with E-state index in [1.807, 2.05) is 24.3 Å². The molecule has 7 nitrogen and oxygen atoms in total. The molecule has 0 saturated carbocycles. The number of ketones is 1. The Morgan fingerprint density at radius 1 is 1.25 bits per heavy atom. The van der Waals surface area contributed by atoms with Gasteiger partial charge in [0.15, 0.2) is 5.78 Å². The summed E-state index contributed by atoms with van der Waals surface area (Å²) in [5.74, 6) is -0.855. The van der Waals surface area contributed by atoms with Crippen molar-refractivity contribution in [3.8, 4) is 0 Å². The Morgan fingerprint density at radius 2 is 1.96 bits per heavy atom. The third-order valence-corrected chi connectivity index (χ3v) is 5.03. The normalized spacial score (nSPS) is 19.9. The van der Waals surface area contributed by atoms with E-state index in [4.69, 9.17) is 0 Å².